The molecule has 0 radical (unpaired) electrons. The number of carbonyl (C=O) groups excluding carboxylic acids is 2. The third-order valence-electron chi connectivity index (χ3n) is 3.73. The van der Waals surface area contributed by atoms with E-state index >= 15 is 0 Å². The van der Waals surface area contributed by atoms with Crippen molar-refractivity contribution >= 4 is 20.3 Å². The van der Waals surface area contributed by atoms with Gasteiger partial charge in [-0.05, 0) is 18.1 Å². The third kappa shape index (κ3) is 9.11. The van der Waals surface area contributed by atoms with Crippen molar-refractivity contribution in [2.24, 2.45) is 0 Å². The van der Waals surface area contributed by atoms with Gasteiger partial charge >= 0.3 is 18.2 Å². The highest BCUT2D eigenvalue weighted by atomic mass is 28.4. The molecule has 0 heterocycles. The summed E-state index contributed by atoms with van der Waals surface area (Å²) in [6.07, 6.45) is -5.14. The van der Waals surface area contributed by atoms with Crippen molar-refractivity contribution in [3.8, 4) is 0 Å². The van der Waals surface area contributed by atoms with Crippen molar-refractivity contribution in [2.45, 2.75) is 51.5 Å². The average molecular weight is 372 g/mol. The molecule has 0 bridgehead atoms. The van der Waals surface area contributed by atoms with Crippen LogP contribution in [0.1, 0.15) is 27.2 Å². The minimum absolute atomic E-state index is 0.103. The average Bonchev–Trinajstić information content (AvgIpc) is 2.40. The van der Waals surface area contributed by atoms with E-state index in [4.69, 9.17) is 9.16 Å². The predicted octanol–water partition coefficient (Wildman–Crippen LogP) is 2.80. The second-order valence-electron chi connectivity index (χ2n) is 6.78. The summed E-state index contributed by atoms with van der Waals surface area (Å²) in [6, 6.07) is 0. The smallest absolute Gasteiger partial charge is 0.449 e. The summed E-state index contributed by atoms with van der Waals surface area (Å²) in [5.41, 5.74) is 0. The van der Waals surface area contributed by atoms with Crippen molar-refractivity contribution in [2.75, 3.05) is 26.3 Å². The zero-order valence-electron chi connectivity index (χ0n) is 14.8. The van der Waals surface area contributed by atoms with Crippen molar-refractivity contribution in [3.63, 3.8) is 0 Å². The van der Waals surface area contributed by atoms with Gasteiger partial charge in [-0.3, -0.25) is 4.79 Å². The van der Waals surface area contributed by atoms with E-state index in [-0.39, 0.29) is 24.7 Å². The van der Waals surface area contributed by atoms with Gasteiger partial charge in [-0.25, -0.2) is 4.79 Å². The number of rotatable bonds is 8. The molecule has 6 nitrogen and oxygen atoms in total. The fourth-order valence-electron chi connectivity index (χ4n) is 1.26. The molecule has 2 amide bonds. The Kier molecular flexibility index (Phi) is 8.76. The lowest BCUT2D eigenvalue weighted by Crippen LogP contribution is -2.41. The normalized spacial score (nSPS) is 12.7. The van der Waals surface area contributed by atoms with Crippen LogP contribution in [0, 0.1) is 0 Å². The predicted molar refractivity (Wildman–Crippen MR) is 86.2 cm³/mol. The van der Waals surface area contributed by atoms with Gasteiger partial charge in [-0.1, -0.05) is 20.8 Å². The molecule has 0 rings (SSSR count). The van der Waals surface area contributed by atoms with Gasteiger partial charge in [0.15, 0.2) is 8.32 Å². The summed E-state index contributed by atoms with van der Waals surface area (Å²) < 4.78 is 46.5. The molecule has 0 saturated heterocycles. The summed E-state index contributed by atoms with van der Waals surface area (Å²) >= 11 is 0. The van der Waals surface area contributed by atoms with E-state index in [9.17, 15) is 22.8 Å². The van der Waals surface area contributed by atoms with E-state index < -0.39 is 26.5 Å². The lowest BCUT2D eigenvalue weighted by Gasteiger charge is -2.36. The number of hydrogen-bond donors (Lipinski definition) is 2. The lowest BCUT2D eigenvalue weighted by molar-refractivity contribution is -0.173. The minimum Gasteiger partial charge on any atom is -0.449 e. The molecular weight excluding hydrogens is 345 g/mol. The third-order valence-corrected chi connectivity index (χ3v) is 8.27. The molecule has 0 aromatic carbocycles. The van der Waals surface area contributed by atoms with Gasteiger partial charge < -0.3 is 19.8 Å². The van der Waals surface area contributed by atoms with Crippen molar-refractivity contribution in [1.29, 1.82) is 0 Å². The number of hydrogen-bond acceptors (Lipinski definition) is 4. The SMILES string of the molecule is CC(C)(C)[Si](C)(C)OCCCOC(=O)NCCNC(=O)C(F)(F)F. The largest absolute Gasteiger partial charge is 0.471 e. The molecule has 142 valence electrons. The van der Waals surface area contributed by atoms with Crippen molar-refractivity contribution in [3.05, 3.63) is 0 Å². The summed E-state index contributed by atoms with van der Waals surface area (Å²) in [7, 11) is -1.82. The molecular formula is C14H27F3N2O4Si. The molecule has 0 spiro atoms. The van der Waals surface area contributed by atoms with E-state index in [1.165, 1.54) is 0 Å². The second kappa shape index (κ2) is 9.26. The Labute approximate surface area is 141 Å². The van der Waals surface area contributed by atoms with Crippen molar-refractivity contribution < 1.29 is 31.9 Å². The van der Waals surface area contributed by atoms with Gasteiger partial charge in [-0.2, -0.15) is 13.2 Å². The maximum atomic E-state index is 11.9. The van der Waals surface area contributed by atoms with E-state index in [0.717, 1.165) is 0 Å². The van der Waals surface area contributed by atoms with Gasteiger partial charge in [0.05, 0.1) is 6.61 Å². The number of ether oxygens (including phenoxy) is 1. The Balaban J connectivity index is 3.73. The maximum absolute atomic E-state index is 11.9. The Hall–Kier alpha value is -1.29. The van der Waals surface area contributed by atoms with Gasteiger partial charge in [-0.15, -0.1) is 0 Å². The van der Waals surface area contributed by atoms with E-state index in [1.54, 1.807) is 5.32 Å². The van der Waals surface area contributed by atoms with Crippen LogP contribution in [0.2, 0.25) is 18.1 Å². The lowest BCUT2D eigenvalue weighted by atomic mass is 10.2. The fourth-order valence-corrected chi connectivity index (χ4v) is 2.35. The molecule has 0 aliphatic carbocycles. The molecule has 0 aromatic rings. The zero-order chi connectivity index (χ0) is 19.0. The summed E-state index contributed by atoms with van der Waals surface area (Å²) in [5, 5.41) is 3.98. The first kappa shape index (κ1) is 22.7. The van der Waals surface area contributed by atoms with Crippen LogP contribution in [0.4, 0.5) is 18.0 Å². The monoisotopic (exact) mass is 372 g/mol. The highest BCUT2D eigenvalue weighted by Crippen LogP contribution is 2.36. The number of nitrogens with one attached hydrogen (secondary N) is 2. The fraction of sp³-hybridized carbons (Fsp3) is 0.857. The van der Waals surface area contributed by atoms with E-state index in [0.29, 0.717) is 13.0 Å². The van der Waals surface area contributed by atoms with Crippen LogP contribution >= 0.6 is 0 Å². The Morgan fingerprint density at radius 2 is 1.54 bits per heavy atom. The number of alkyl carbamates (subject to hydrolysis) is 1. The number of alkyl halides is 3. The molecule has 24 heavy (non-hydrogen) atoms. The van der Waals surface area contributed by atoms with Crippen LogP contribution in [-0.4, -0.2) is 52.8 Å². The van der Waals surface area contributed by atoms with Gasteiger partial charge in [0, 0.05) is 26.1 Å². The first-order valence-corrected chi connectivity index (χ1v) is 10.6. The summed E-state index contributed by atoms with van der Waals surface area (Å²) in [4.78, 5) is 21.8. The topological polar surface area (TPSA) is 76.7 Å². The molecule has 0 aromatic heterocycles. The Morgan fingerprint density at radius 3 is 2.04 bits per heavy atom. The Bertz CT molecular complexity index is 423. The van der Waals surface area contributed by atoms with E-state index in [1.807, 2.05) is 0 Å². The molecule has 0 aliphatic heterocycles. The van der Waals surface area contributed by atoms with Gasteiger partial charge in [0.2, 0.25) is 0 Å². The number of carbonyl (C=O) groups is 2. The maximum Gasteiger partial charge on any atom is 0.471 e. The van der Waals surface area contributed by atoms with E-state index in [2.05, 4.69) is 39.2 Å². The molecule has 0 unspecified atom stereocenters. The van der Waals surface area contributed by atoms with Crippen LogP contribution < -0.4 is 10.6 Å². The molecule has 0 atom stereocenters. The first-order valence-electron chi connectivity index (χ1n) is 7.67. The van der Waals surface area contributed by atoms with Gasteiger partial charge in [0.1, 0.15) is 0 Å². The van der Waals surface area contributed by atoms with Crippen LogP contribution in [0.15, 0.2) is 0 Å². The van der Waals surface area contributed by atoms with Crippen LogP contribution in [0.3, 0.4) is 0 Å². The number of halogens is 3. The second-order valence-corrected chi connectivity index (χ2v) is 11.6. The quantitative estimate of drug-likeness (QED) is 0.507. The van der Waals surface area contributed by atoms with Crippen LogP contribution in [0.5, 0.6) is 0 Å². The molecule has 0 aliphatic rings. The summed E-state index contributed by atoms with van der Waals surface area (Å²) in [5.74, 6) is -2.04. The Morgan fingerprint density at radius 1 is 1.00 bits per heavy atom. The minimum atomic E-state index is -4.93. The zero-order valence-corrected chi connectivity index (χ0v) is 15.8. The van der Waals surface area contributed by atoms with Crippen molar-refractivity contribution in [1.82, 2.24) is 10.6 Å². The standard InChI is InChI=1S/C14H27F3N2O4Si/c1-13(2,3)24(4,5)23-10-6-9-22-12(21)19-8-7-18-11(20)14(15,16)17/h6-10H2,1-5H3,(H,18,20)(H,19,21). The first-order chi connectivity index (χ1) is 10.8. The summed E-state index contributed by atoms with van der Waals surface area (Å²) in [6.45, 7) is 10.8. The number of amides is 2. The molecule has 2 N–H and O–H groups in total. The van der Waals surface area contributed by atoms with Crippen LogP contribution in [-0.2, 0) is 14.0 Å². The molecule has 0 fully saturated rings. The highest BCUT2D eigenvalue weighted by molar-refractivity contribution is 6.74. The highest BCUT2D eigenvalue weighted by Gasteiger charge is 2.38. The molecule has 0 saturated carbocycles. The van der Waals surface area contributed by atoms with Crippen LogP contribution in [0.25, 0.3) is 0 Å². The molecule has 10 heteroatoms. The van der Waals surface area contributed by atoms with Gasteiger partial charge in [0.25, 0.3) is 0 Å².